The Morgan fingerprint density at radius 2 is 1.33 bits per heavy atom. The Hall–Kier alpha value is -5.92. The molecule has 0 spiro atoms. The zero-order valence-corrected chi connectivity index (χ0v) is 27.8. The molecule has 0 atom stereocenters. The van der Waals surface area contributed by atoms with Crippen molar-refractivity contribution in [1.29, 1.82) is 0 Å². The Morgan fingerprint density at radius 3 is 2.06 bits per heavy atom. The molecule has 0 N–H and O–H groups in total. The molecule has 0 fully saturated rings. The average Bonchev–Trinajstić information content (AvgIpc) is 3.14. The van der Waals surface area contributed by atoms with Crippen molar-refractivity contribution in [3.63, 3.8) is 0 Å². The lowest BCUT2D eigenvalue weighted by Gasteiger charge is -2.31. The van der Waals surface area contributed by atoms with E-state index in [2.05, 4.69) is 202 Å². The molecule has 234 valence electrons. The zero-order valence-electron chi connectivity index (χ0n) is 27.8. The van der Waals surface area contributed by atoms with Crippen molar-refractivity contribution in [3.05, 3.63) is 211 Å². The van der Waals surface area contributed by atoms with E-state index in [0.717, 1.165) is 45.8 Å². The number of aryl methyl sites for hydroxylation is 1. The van der Waals surface area contributed by atoms with Crippen LogP contribution in [0.5, 0.6) is 0 Å². The van der Waals surface area contributed by atoms with Gasteiger partial charge in [-0.05, 0) is 83.1 Å². The van der Waals surface area contributed by atoms with E-state index in [0.29, 0.717) is 0 Å². The van der Waals surface area contributed by atoms with E-state index < -0.39 is 0 Å². The Bertz CT molecular complexity index is 2150. The predicted octanol–water partition coefficient (Wildman–Crippen LogP) is 13.1. The van der Waals surface area contributed by atoms with Crippen LogP contribution < -0.4 is 4.90 Å². The molecule has 0 aliphatic heterocycles. The van der Waals surface area contributed by atoms with E-state index in [9.17, 15) is 0 Å². The van der Waals surface area contributed by atoms with Gasteiger partial charge >= 0.3 is 0 Å². The third-order valence-corrected chi connectivity index (χ3v) is 8.72. The molecule has 6 rings (SSSR count). The van der Waals surface area contributed by atoms with Crippen LogP contribution in [0.15, 0.2) is 194 Å². The molecule has 48 heavy (non-hydrogen) atoms. The maximum atomic E-state index is 4.20. The number of hydrogen-bond donors (Lipinski definition) is 0. The van der Waals surface area contributed by atoms with Gasteiger partial charge in [-0.3, -0.25) is 0 Å². The number of nitrogens with zero attached hydrogens (tertiary/aromatic N) is 1. The van der Waals surface area contributed by atoms with Crippen LogP contribution in [0.4, 0.5) is 11.4 Å². The number of fused-ring (bicyclic) bond motifs is 1. The fourth-order valence-corrected chi connectivity index (χ4v) is 6.17. The van der Waals surface area contributed by atoms with E-state index in [1.165, 1.54) is 33.0 Å². The van der Waals surface area contributed by atoms with Gasteiger partial charge in [0, 0.05) is 16.8 Å². The van der Waals surface area contributed by atoms with Crippen molar-refractivity contribution in [2.75, 3.05) is 4.90 Å². The largest absolute Gasteiger partial charge is 0.309 e. The standard InChI is InChI=1S/C47H41N/c1-5-7-23-42(32-31-39-22-17-21-37-20-11-12-24-43(37)39)48(46-27-15-13-25-44(46)38-18-9-8-10-19-38)47-28-16-14-26-45(47)40-30-29-36(4)41(34-40)33-35(3)6-2/h5-32,34H,2-3,33H2,1,4H3/b7-5-,32-31+,42-23+. The van der Waals surface area contributed by atoms with E-state index in [1.807, 2.05) is 6.08 Å². The van der Waals surface area contributed by atoms with Crippen molar-refractivity contribution in [2.24, 2.45) is 0 Å². The highest BCUT2D eigenvalue weighted by Crippen LogP contribution is 2.43. The third-order valence-electron chi connectivity index (χ3n) is 8.72. The third kappa shape index (κ3) is 7.07. The van der Waals surface area contributed by atoms with Crippen LogP contribution >= 0.6 is 0 Å². The van der Waals surface area contributed by atoms with Crippen LogP contribution in [0.1, 0.15) is 23.6 Å². The van der Waals surface area contributed by atoms with E-state index in [4.69, 9.17) is 0 Å². The Kier molecular flexibility index (Phi) is 10.1. The summed E-state index contributed by atoms with van der Waals surface area (Å²) in [5.74, 6) is 0. The van der Waals surface area contributed by atoms with Gasteiger partial charge in [0.25, 0.3) is 0 Å². The van der Waals surface area contributed by atoms with Crippen molar-refractivity contribution in [2.45, 2.75) is 20.3 Å². The topological polar surface area (TPSA) is 3.24 Å². The molecule has 0 saturated carbocycles. The maximum Gasteiger partial charge on any atom is 0.0540 e. The minimum atomic E-state index is 0.770. The maximum absolute atomic E-state index is 4.20. The van der Waals surface area contributed by atoms with Crippen molar-refractivity contribution in [1.82, 2.24) is 0 Å². The van der Waals surface area contributed by atoms with E-state index in [1.54, 1.807) is 0 Å². The predicted molar refractivity (Wildman–Crippen MR) is 210 cm³/mol. The summed E-state index contributed by atoms with van der Waals surface area (Å²) < 4.78 is 0. The summed E-state index contributed by atoms with van der Waals surface area (Å²) in [5.41, 5.74) is 12.6. The first kappa shape index (κ1) is 32.0. The molecule has 6 aromatic rings. The first-order valence-electron chi connectivity index (χ1n) is 16.5. The number of anilines is 2. The van der Waals surface area contributed by atoms with Crippen LogP contribution in [0.3, 0.4) is 0 Å². The Morgan fingerprint density at radius 1 is 0.688 bits per heavy atom. The van der Waals surface area contributed by atoms with E-state index in [-0.39, 0.29) is 0 Å². The second-order valence-electron chi connectivity index (χ2n) is 11.9. The molecule has 0 bridgehead atoms. The van der Waals surface area contributed by atoms with Gasteiger partial charge in [0.05, 0.1) is 11.4 Å². The highest BCUT2D eigenvalue weighted by molar-refractivity contribution is 5.93. The highest BCUT2D eigenvalue weighted by atomic mass is 15.2. The second kappa shape index (κ2) is 15.1. The summed E-state index contributed by atoms with van der Waals surface area (Å²) in [4.78, 5) is 2.40. The molecule has 6 aromatic carbocycles. The van der Waals surface area contributed by atoms with Crippen LogP contribution in [0, 0.1) is 6.92 Å². The Labute approximate surface area is 285 Å². The van der Waals surface area contributed by atoms with Gasteiger partial charge in [0.15, 0.2) is 0 Å². The van der Waals surface area contributed by atoms with Crippen molar-refractivity contribution in [3.8, 4) is 22.3 Å². The number of rotatable bonds is 11. The molecule has 0 radical (unpaired) electrons. The van der Waals surface area contributed by atoms with Crippen molar-refractivity contribution >= 4 is 28.2 Å². The second-order valence-corrected chi connectivity index (χ2v) is 11.9. The minimum Gasteiger partial charge on any atom is -0.309 e. The van der Waals surface area contributed by atoms with Crippen LogP contribution in [-0.4, -0.2) is 0 Å². The minimum absolute atomic E-state index is 0.770. The molecule has 1 heteroatoms. The average molecular weight is 620 g/mol. The van der Waals surface area contributed by atoms with Crippen LogP contribution in [0.25, 0.3) is 39.1 Å². The fourth-order valence-electron chi connectivity index (χ4n) is 6.17. The molecule has 0 aromatic heterocycles. The van der Waals surface area contributed by atoms with Crippen molar-refractivity contribution < 1.29 is 0 Å². The summed E-state index contributed by atoms with van der Waals surface area (Å²) in [6, 6.07) is 49.9. The molecule has 1 nitrogen and oxygen atoms in total. The van der Waals surface area contributed by atoms with Gasteiger partial charge in [-0.1, -0.05) is 170 Å². The zero-order chi connectivity index (χ0) is 33.3. The quantitative estimate of drug-likeness (QED) is 0.130. The molecule has 0 saturated heterocycles. The number of para-hydroxylation sites is 2. The normalized spacial score (nSPS) is 11.8. The summed E-state index contributed by atoms with van der Waals surface area (Å²) in [6.07, 6.45) is 13.5. The number of allylic oxidation sites excluding steroid dienone is 6. The van der Waals surface area contributed by atoms with Crippen LogP contribution in [0.2, 0.25) is 0 Å². The summed E-state index contributed by atoms with van der Waals surface area (Å²) in [7, 11) is 0. The van der Waals surface area contributed by atoms with Gasteiger partial charge in [-0.25, -0.2) is 0 Å². The molecule has 0 aliphatic carbocycles. The lowest BCUT2D eigenvalue weighted by molar-refractivity contribution is 1.17. The van der Waals surface area contributed by atoms with Gasteiger partial charge < -0.3 is 4.90 Å². The van der Waals surface area contributed by atoms with Crippen LogP contribution in [-0.2, 0) is 6.42 Å². The molecule has 0 aliphatic rings. The summed E-state index contributed by atoms with van der Waals surface area (Å²) in [5, 5.41) is 2.45. The highest BCUT2D eigenvalue weighted by Gasteiger charge is 2.21. The van der Waals surface area contributed by atoms with Gasteiger partial charge in [0.1, 0.15) is 0 Å². The fraction of sp³-hybridized carbons (Fsp3) is 0.0638. The molecular weight excluding hydrogens is 579 g/mol. The SMILES string of the molecule is C=CC(=C)Cc1cc(-c2ccccc2N(C(/C=C/c2cccc3ccccc23)=C/C=C\C)c2ccccc2-c2ccccc2)ccc1C. The van der Waals surface area contributed by atoms with Gasteiger partial charge in [-0.15, -0.1) is 0 Å². The van der Waals surface area contributed by atoms with Gasteiger partial charge in [0.2, 0.25) is 0 Å². The number of benzene rings is 6. The molecule has 0 amide bonds. The first-order chi connectivity index (χ1) is 23.6. The first-order valence-corrected chi connectivity index (χ1v) is 16.5. The smallest absolute Gasteiger partial charge is 0.0540 e. The molecular formula is C47H41N. The number of hydrogen-bond acceptors (Lipinski definition) is 1. The molecule has 0 unspecified atom stereocenters. The summed E-state index contributed by atoms with van der Waals surface area (Å²) in [6.45, 7) is 12.4. The monoisotopic (exact) mass is 619 g/mol. The van der Waals surface area contributed by atoms with E-state index >= 15 is 0 Å². The van der Waals surface area contributed by atoms with Gasteiger partial charge in [-0.2, -0.15) is 0 Å². The lowest BCUT2D eigenvalue weighted by Crippen LogP contribution is -2.17. The molecule has 0 heterocycles. The lowest BCUT2D eigenvalue weighted by atomic mass is 9.94. The summed E-state index contributed by atoms with van der Waals surface area (Å²) >= 11 is 0. The Balaban J connectivity index is 1.59.